The Morgan fingerprint density at radius 3 is 2.33 bits per heavy atom. The van der Waals surface area contributed by atoms with E-state index in [-0.39, 0.29) is 0 Å². The van der Waals surface area contributed by atoms with Gasteiger partial charge in [0.1, 0.15) is 0 Å². The van der Waals surface area contributed by atoms with Gasteiger partial charge in [0.05, 0.1) is 0 Å². The molecule has 2 fully saturated rings. The predicted octanol–water partition coefficient (Wildman–Crippen LogP) is 4.63. The molecule has 0 N–H and O–H groups in total. The van der Waals surface area contributed by atoms with E-state index in [0.717, 1.165) is 17.1 Å². The smallest absolute Gasteiger partial charge is 0.0367 e. The molecular formula is C21H30N2S. The van der Waals surface area contributed by atoms with Gasteiger partial charge >= 0.3 is 0 Å². The maximum absolute atomic E-state index is 2.72. The quantitative estimate of drug-likeness (QED) is 0.787. The summed E-state index contributed by atoms with van der Waals surface area (Å²) >= 11 is 2.09. The number of allylic oxidation sites excluding steroid dienone is 1. The first-order valence-electron chi connectivity index (χ1n) is 9.71. The molecule has 0 amide bonds. The van der Waals surface area contributed by atoms with Crippen molar-refractivity contribution in [1.82, 2.24) is 4.90 Å². The van der Waals surface area contributed by atoms with Crippen LogP contribution in [0.15, 0.2) is 41.8 Å². The Kier molecular flexibility index (Phi) is 5.49. The molecule has 1 aromatic carbocycles. The molecule has 1 saturated heterocycles. The lowest BCUT2D eigenvalue weighted by molar-refractivity contribution is 0.172. The minimum absolute atomic E-state index is 0.903. The predicted molar refractivity (Wildman–Crippen MR) is 106 cm³/mol. The SMILES string of the molecule is C1=CSC(C2CCC(CN3CCN(c4ccccc4)CC3)CC2)C1. The highest BCUT2D eigenvalue weighted by molar-refractivity contribution is 8.03. The topological polar surface area (TPSA) is 6.48 Å². The number of hydrogen-bond acceptors (Lipinski definition) is 3. The second-order valence-corrected chi connectivity index (χ2v) is 8.84. The zero-order valence-corrected chi connectivity index (χ0v) is 15.5. The second-order valence-electron chi connectivity index (χ2n) is 7.69. The zero-order valence-electron chi connectivity index (χ0n) is 14.6. The van der Waals surface area contributed by atoms with Crippen molar-refractivity contribution in [2.24, 2.45) is 11.8 Å². The lowest BCUT2D eigenvalue weighted by atomic mass is 9.79. The highest BCUT2D eigenvalue weighted by Crippen LogP contribution is 2.40. The van der Waals surface area contributed by atoms with Crippen molar-refractivity contribution in [3.63, 3.8) is 0 Å². The molecule has 0 spiro atoms. The number of para-hydroxylation sites is 1. The third-order valence-electron chi connectivity index (χ3n) is 6.15. The van der Waals surface area contributed by atoms with Gasteiger partial charge in [-0.3, -0.25) is 4.90 Å². The molecule has 1 saturated carbocycles. The number of hydrogen-bond donors (Lipinski definition) is 0. The van der Waals surface area contributed by atoms with Crippen LogP contribution >= 0.6 is 11.8 Å². The van der Waals surface area contributed by atoms with Gasteiger partial charge in [-0.2, -0.15) is 0 Å². The Bertz CT molecular complexity index is 520. The van der Waals surface area contributed by atoms with Crippen molar-refractivity contribution in [1.29, 1.82) is 0 Å². The largest absolute Gasteiger partial charge is 0.369 e. The van der Waals surface area contributed by atoms with Crippen LogP contribution in [0.25, 0.3) is 0 Å². The Morgan fingerprint density at radius 1 is 0.917 bits per heavy atom. The van der Waals surface area contributed by atoms with Gasteiger partial charge in [0.15, 0.2) is 0 Å². The maximum Gasteiger partial charge on any atom is 0.0367 e. The first-order valence-corrected chi connectivity index (χ1v) is 10.7. The van der Waals surface area contributed by atoms with E-state index in [0.29, 0.717) is 0 Å². The highest BCUT2D eigenvalue weighted by Gasteiger charge is 2.29. The summed E-state index contributed by atoms with van der Waals surface area (Å²) in [7, 11) is 0. The molecule has 0 aromatic heterocycles. The lowest BCUT2D eigenvalue weighted by Gasteiger charge is -2.39. The van der Waals surface area contributed by atoms with Gasteiger partial charge < -0.3 is 4.90 Å². The summed E-state index contributed by atoms with van der Waals surface area (Å²) < 4.78 is 0. The molecule has 3 aliphatic rings. The fourth-order valence-corrected chi connectivity index (χ4v) is 5.78. The minimum Gasteiger partial charge on any atom is -0.369 e. The van der Waals surface area contributed by atoms with E-state index in [2.05, 4.69) is 63.4 Å². The summed E-state index contributed by atoms with van der Waals surface area (Å²) in [4.78, 5) is 5.26. The van der Waals surface area contributed by atoms with Crippen molar-refractivity contribution in [2.75, 3.05) is 37.6 Å². The average Bonchev–Trinajstić information content (AvgIpc) is 3.18. The van der Waals surface area contributed by atoms with E-state index in [9.17, 15) is 0 Å². The summed E-state index contributed by atoms with van der Waals surface area (Å²) in [5.41, 5.74) is 1.39. The summed E-state index contributed by atoms with van der Waals surface area (Å²) in [6.07, 6.45) is 9.54. The van der Waals surface area contributed by atoms with Crippen LogP contribution in [0.2, 0.25) is 0 Å². The molecule has 4 rings (SSSR count). The van der Waals surface area contributed by atoms with Crippen LogP contribution in [0.3, 0.4) is 0 Å². The van der Waals surface area contributed by atoms with Crippen molar-refractivity contribution in [2.45, 2.75) is 37.4 Å². The molecule has 3 heteroatoms. The molecule has 2 heterocycles. The fourth-order valence-electron chi connectivity index (χ4n) is 4.64. The van der Waals surface area contributed by atoms with E-state index >= 15 is 0 Å². The number of rotatable bonds is 4. The molecule has 130 valence electrons. The van der Waals surface area contributed by atoms with Crippen LogP contribution < -0.4 is 4.90 Å². The van der Waals surface area contributed by atoms with Crippen LogP contribution in [0.1, 0.15) is 32.1 Å². The maximum atomic E-state index is 2.72. The molecular weight excluding hydrogens is 312 g/mol. The van der Waals surface area contributed by atoms with Crippen molar-refractivity contribution >= 4 is 17.4 Å². The first-order chi connectivity index (χ1) is 11.9. The fraction of sp³-hybridized carbons (Fsp3) is 0.619. The highest BCUT2D eigenvalue weighted by atomic mass is 32.2. The monoisotopic (exact) mass is 342 g/mol. The van der Waals surface area contributed by atoms with Gasteiger partial charge in [0, 0.05) is 43.7 Å². The third-order valence-corrected chi connectivity index (χ3v) is 7.42. The van der Waals surface area contributed by atoms with E-state index in [1.165, 1.54) is 70.5 Å². The number of anilines is 1. The van der Waals surface area contributed by atoms with Crippen molar-refractivity contribution in [3.8, 4) is 0 Å². The van der Waals surface area contributed by atoms with Gasteiger partial charge in [-0.1, -0.05) is 24.3 Å². The number of benzene rings is 1. The summed E-state index contributed by atoms with van der Waals surface area (Å²) in [6, 6.07) is 10.9. The number of nitrogens with zero attached hydrogens (tertiary/aromatic N) is 2. The van der Waals surface area contributed by atoms with Crippen LogP contribution in [0.4, 0.5) is 5.69 Å². The number of thioether (sulfide) groups is 1. The van der Waals surface area contributed by atoms with Crippen LogP contribution in [0.5, 0.6) is 0 Å². The van der Waals surface area contributed by atoms with Gasteiger partial charge in [-0.05, 0) is 61.5 Å². The Labute approximate surface area is 151 Å². The standard InChI is InChI=1S/C21H30N2S/c1-2-5-20(6-3-1)23-14-12-22(13-15-23)17-18-8-10-19(11-9-18)21-7-4-16-24-21/h1-6,16,18-19,21H,7-15,17H2. The second kappa shape index (κ2) is 7.97. The lowest BCUT2D eigenvalue weighted by Crippen LogP contribution is -2.48. The zero-order chi connectivity index (χ0) is 16.2. The van der Waals surface area contributed by atoms with Gasteiger partial charge in [-0.15, -0.1) is 11.8 Å². The summed E-state index contributed by atoms with van der Waals surface area (Å²) in [6.45, 7) is 6.17. The van der Waals surface area contributed by atoms with Crippen LogP contribution in [-0.4, -0.2) is 42.9 Å². The van der Waals surface area contributed by atoms with E-state index in [4.69, 9.17) is 0 Å². The molecule has 2 nitrogen and oxygen atoms in total. The summed E-state index contributed by atoms with van der Waals surface area (Å²) in [5, 5.41) is 3.23. The van der Waals surface area contributed by atoms with E-state index < -0.39 is 0 Å². The Hall–Kier alpha value is -0.930. The van der Waals surface area contributed by atoms with Gasteiger partial charge in [-0.25, -0.2) is 0 Å². The van der Waals surface area contributed by atoms with E-state index in [1.54, 1.807) is 0 Å². The summed E-state index contributed by atoms with van der Waals surface area (Å²) in [5.74, 6) is 1.93. The molecule has 0 bridgehead atoms. The normalized spacial score (nSPS) is 31.5. The number of piperazine rings is 1. The first kappa shape index (κ1) is 16.5. The molecule has 1 aliphatic carbocycles. The van der Waals surface area contributed by atoms with Crippen LogP contribution in [0, 0.1) is 11.8 Å². The molecule has 1 atom stereocenters. The van der Waals surface area contributed by atoms with E-state index in [1.807, 2.05) is 0 Å². The Morgan fingerprint density at radius 2 is 1.67 bits per heavy atom. The molecule has 1 aromatic rings. The molecule has 1 unspecified atom stereocenters. The molecule has 2 aliphatic heterocycles. The molecule has 0 radical (unpaired) electrons. The Balaban J connectivity index is 1.19. The van der Waals surface area contributed by atoms with Crippen molar-refractivity contribution in [3.05, 3.63) is 41.8 Å². The van der Waals surface area contributed by atoms with Crippen LogP contribution in [-0.2, 0) is 0 Å². The van der Waals surface area contributed by atoms with Crippen molar-refractivity contribution < 1.29 is 0 Å². The van der Waals surface area contributed by atoms with Gasteiger partial charge in [0.2, 0.25) is 0 Å². The third kappa shape index (κ3) is 4.00. The molecule has 24 heavy (non-hydrogen) atoms. The average molecular weight is 343 g/mol. The van der Waals surface area contributed by atoms with Gasteiger partial charge in [0.25, 0.3) is 0 Å². The minimum atomic E-state index is 0.903.